The normalized spacial score (nSPS) is 10.9. The van der Waals surface area contributed by atoms with E-state index in [0.29, 0.717) is 0 Å². The molecule has 0 N–H and O–H groups in total. The summed E-state index contributed by atoms with van der Waals surface area (Å²) in [6.07, 6.45) is 0. The summed E-state index contributed by atoms with van der Waals surface area (Å²) < 4.78 is 37.2. The van der Waals surface area contributed by atoms with Crippen molar-refractivity contribution >= 4 is 25.7 Å². The van der Waals surface area contributed by atoms with E-state index >= 15 is 0 Å². The van der Waals surface area contributed by atoms with Gasteiger partial charge in [0.2, 0.25) is 0 Å². The van der Waals surface area contributed by atoms with Gasteiger partial charge in [0.25, 0.3) is 9.05 Å². The van der Waals surface area contributed by atoms with Gasteiger partial charge in [-0.2, -0.15) is 0 Å². The first kappa shape index (κ1) is 14.6. The van der Waals surface area contributed by atoms with Crippen LogP contribution in [0.3, 0.4) is 0 Å². The molecule has 0 unspecified atom stereocenters. The molecule has 1 aromatic rings. The van der Waals surface area contributed by atoms with Crippen molar-refractivity contribution in [1.29, 1.82) is 0 Å². The third-order valence-electron chi connectivity index (χ3n) is 2.13. The summed E-state index contributed by atoms with van der Waals surface area (Å²) >= 11 is 0. The molecule has 0 spiro atoms. The largest absolute Gasteiger partial charge is 0.493 e. The maximum absolute atomic E-state index is 11.4. The number of halogens is 1. The molecule has 0 saturated heterocycles. The van der Waals surface area contributed by atoms with E-state index < -0.39 is 15.0 Å². The van der Waals surface area contributed by atoms with Gasteiger partial charge in [-0.15, -0.1) is 0 Å². The molecule has 6 nitrogen and oxygen atoms in total. The van der Waals surface area contributed by atoms with Crippen molar-refractivity contribution in [3.8, 4) is 11.5 Å². The second kappa shape index (κ2) is 5.45. The van der Waals surface area contributed by atoms with E-state index in [1.165, 1.54) is 27.4 Å². The Balaban J connectivity index is 3.61. The summed E-state index contributed by atoms with van der Waals surface area (Å²) in [6.45, 7) is 0. The van der Waals surface area contributed by atoms with E-state index in [1.54, 1.807) is 0 Å². The Bertz CT molecular complexity index is 566. The van der Waals surface area contributed by atoms with Crippen LogP contribution in [0.15, 0.2) is 17.0 Å². The van der Waals surface area contributed by atoms with Gasteiger partial charge < -0.3 is 14.2 Å². The average molecular weight is 295 g/mol. The van der Waals surface area contributed by atoms with Crippen molar-refractivity contribution in [2.45, 2.75) is 4.90 Å². The minimum atomic E-state index is -4.08. The van der Waals surface area contributed by atoms with Crippen LogP contribution in [0, 0.1) is 0 Å². The van der Waals surface area contributed by atoms with E-state index in [-0.39, 0.29) is 22.0 Å². The number of hydrogen-bond donors (Lipinski definition) is 0. The standard InChI is InChI=1S/C10H11ClO6S/c1-15-7-4-6(10(12)17-3)5-8(9(7)16-2)18(11,13)14/h4-5H,1-3H3. The SMILES string of the molecule is COC(=O)c1cc(OC)c(OC)c(S(=O)(=O)Cl)c1. The van der Waals surface area contributed by atoms with Crippen LogP contribution in [0.2, 0.25) is 0 Å². The average Bonchev–Trinajstić information content (AvgIpc) is 2.34. The van der Waals surface area contributed by atoms with Gasteiger partial charge in [-0.3, -0.25) is 0 Å². The molecular weight excluding hydrogens is 284 g/mol. The van der Waals surface area contributed by atoms with Crippen LogP contribution in [-0.2, 0) is 13.8 Å². The zero-order valence-electron chi connectivity index (χ0n) is 9.89. The molecule has 0 aliphatic rings. The second-order valence-electron chi connectivity index (χ2n) is 3.14. The van der Waals surface area contributed by atoms with Crippen LogP contribution in [0.4, 0.5) is 0 Å². The van der Waals surface area contributed by atoms with Crippen molar-refractivity contribution in [3.05, 3.63) is 17.7 Å². The van der Waals surface area contributed by atoms with Gasteiger partial charge in [-0.1, -0.05) is 0 Å². The summed E-state index contributed by atoms with van der Waals surface area (Å²) in [5, 5.41) is 0. The number of methoxy groups -OCH3 is 3. The summed E-state index contributed by atoms with van der Waals surface area (Å²) in [4.78, 5) is 11.0. The molecule has 1 aromatic carbocycles. The first-order chi connectivity index (χ1) is 8.35. The van der Waals surface area contributed by atoms with Crippen molar-refractivity contribution in [3.63, 3.8) is 0 Å². The molecule has 0 aliphatic heterocycles. The Labute approximate surface area is 109 Å². The van der Waals surface area contributed by atoms with Gasteiger partial charge in [0.1, 0.15) is 4.90 Å². The predicted molar refractivity (Wildman–Crippen MR) is 63.9 cm³/mol. The Morgan fingerprint density at radius 3 is 2.17 bits per heavy atom. The van der Waals surface area contributed by atoms with Crippen molar-refractivity contribution in [1.82, 2.24) is 0 Å². The molecule has 8 heteroatoms. The van der Waals surface area contributed by atoms with Gasteiger partial charge in [-0.05, 0) is 12.1 Å². The third kappa shape index (κ3) is 2.85. The maximum Gasteiger partial charge on any atom is 0.338 e. The highest BCUT2D eigenvalue weighted by atomic mass is 35.7. The highest BCUT2D eigenvalue weighted by molar-refractivity contribution is 8.13. The zero-order valence-corrected chi connectivity index (χ0v) is 11.5. The van der Waals surface area contributed by atoms with Crippen LogP contribution in [0.5, 0.6) is 11.5 Å². The molecule has 0 aromatic heterocycles. The lowest BCUT2D eigenvalue weighted by Gasteiger charge is -2.12. The minimum absolute atomic E-state index is 0.00521. The maximum atomic E-state index is 11.4. The fraction of sp³-hybridized carbons (Fsp3) is 0.300. The summed E-state index contributed by atoms with van der Waals surface area (Å²) in [5.41, 5.74) is -0.00521. The third-order valence-corrected chi connectivity index (χ3v) is 3.46. The lowest BCUT2D eigenvalue weighted by molar-refractivity contribution is 0.0600. The lowest BCUT2D eigenvalue weighted by Crippen LogP contribution is -2.06. The topological polar surface area (TPSA) is 78.9 Å². The van der Waals surface area contributed by atoms with Crippen LogP contribution in [0.25, 0.3) is 0 Å². The van der Waals surface area contributed by atoms with E-state index in [1.807, 2.05) is 0 Å². The van der Waals surface area contributed by atoms with Crippen LogP contribution in [0.1, 0.15) is 10.4 Å². The number of hydrogen-bond acceptors (Lipinski definition) is 6. The zero-order chi connectivity index (χ0) is 13.9. The predicted octanol–water partition coefficient (Wildman–Crippen LogP) is 1.42. The number of benzene rings is 1. The summed E-state index contributed by atoms with van der Waals surface area (Å²) in [6, 6.07) is 2.37. The minimum Gasteiger partial charge on any atom is -0.493 e. The first-order valence-electron chi connectivity index (χ1n) is 4.64. The number of carbonyl (C=O) groups excluding carboxylic acids is 1. The number of esters is 1. The van der Waals surface area contributed by atoms with Gasteiger partial charge in [-0.25, -0.2) is 13.2 Å². The van der Waals surface area contributed by atoms with Crippen molar-refractivity contribution in [2.75, 3.05) is 21.3 Å². The highest BCUT2D eigenvalue weighted by Crippen LogP contribution is 2.37. The fourth-order valence-corrected chi connectivity index (χ4v) is 2.36. The number of carbonyl (C=O) groups is 1. The Kier molecular flexibility index (Phi) is 4.42. The van der Waals surface area contributed by atoms with Crippen molar-refractivity contribution in [2.24, 2.45) is 0 Å². The number of rotatable bonds is 4. The van der Waals surface area contributed by atoms with Gasteiger partial charge in [0.15, 0.2) is 11.5 Å². The molecule has 0 heterocycles. The molecule has 0 aliphatic carbocycles. The number of ether oxygens (including phenoxy) is 3. The van der Waals surface area contributed by atoms with Crippen molar-refractivity contribution < 1.29 is 27.4 Å². The van der Waals surface area contributed by atoms with Crippen LogP contribution in [-0.4, -0.2) is 35.7 Å². The summed E-state index contributed by atoms with van der Waals surface area (Å²) in [5.74, 6) is -0.711. The highest BCUT2D eigenvalue weighted by Gasteiger charge is 2.24. The Morgan fingerprint density at radius 2 is 1.78 bits per heavy atom. The lowest BCUT2D eigenvalue weighted by atomic mass is 10.2. The fourth-order valence-electron chi connectivity index (χ4n) is 1.35. The van der Waals surface area contributed by atoms with E-state index in [0.717, 1.165) is 6.07 Å². The van der Waals surface area contributed by atoms with Crippen LogP contribution >= 0.6 is 10.7 Å². The van der Waals surface area contributed by atoms with Gasteiger partial charge >= 0.3 is 5.97 Å². The molecule has 100 valence electrons. The van der Waals surface area contributed by atoms with E-state index in [9.17, 15) is 13.2 Å². The van der Waals surface area contributed by atoms with E-state index in [4.69, 9.17) is 20.2 Å². The smallest absolute Gasteiger partial charge is 0.338 e. The van der Waals surface area contributed by atoms with Gasteiger partial charge in [0, 0.05) is 10.7 Å². The van der Waals surface area contributed by atoms with Crippen LogP contribution < -0.4 is 9.47 Å². The Morgan fingerprint density at radius 1 is 1.17 bits per heavy atom. The molecular formula is C10H11ClO6S. The quantitative estimate of drug-likeness (QED) is 0.617. The molecule has 0 atom stereocenters. The molecule has 0 amide bonds. The Hall–Kier alpha value is -1.47. The molecule has 0 saturated carbocycles. The summed E-state index contributed by atoms with van der Waals surface area (Å²) in [7, 11) is 4.94. The molecule has 0 bridgehead atoms. The molecule has 1 rings (SSSR count). The molecule has 0 fully saturated rings. The second-order valence-corrected chi connectivity index (χ2v) is 5.67. The van der Waals surface area contributed by atoms with Gasteiger partial charge in [0.05, 0.1) is 26.9 Å². The first-order valence-corrected chi connectivity index (χ1v) is 6.95. The van der Waals surface area contributed by atoms with E-state index in [2.05, 4.69) is 4.74 Å². The molecule has 0 radical (unpaired) electrons. The monoisotopic (exact) mass is 294 g/mol. The molecule has 18 heavy (non-hydrogen) atoms.